The summed E-state index contributed by atoms with van der Waals surface area (Å²) in [5, 5.41) is 7.47. The van der Waals surface area contributed by atoms with Crippen LogP contribution in [-0.4, -0.2) is 30.4 Å². The average molecular weight is 197 g/mol. The third-order valence-corrected chi connectivity index (χ3v) is 3.23. The largest absolute Gasteiger partial charge is 0.387 e. The normalized spacial score (nSPS) is 19.6. The molecule has 0 radical (unpaired) electrons. The third-order valence-electron chi connectivity index (χ3n) is 3.23. The molecule has 3 heteroatoms. The van der Waals surface area contributed by atoms with Crippen LogP contribution in [-0.2, 0) is 0 Å². The molecule has 1 heterocycles. The molecule has 1 aliphatic heterocycles. The zero-order valence-electron chi connectivity index (χ0n) is 9.47. The summed E-state index contributed by atoms with van der Waals surface area (Å²) in [7, 11) is 0. The van der Waals surface area contributed by atoms with Crippen LogP contribution >= 0.6 is 0 Å². The highest BCUT2D eigenvalue weighted by Crippen LogP contribution is 2.21. The monoisotopic (exact) mass is 197 g/mol. The number of hydrogen-bond acceptors (Lipinski definition) is 2. The van der Waals surface area contributed by atoms with Crippen LogP contribution in [0.4, 0.5) is 0 Å². The smallest absolute Gasteiger partial charge is 0.0963 e. The van der Waals surface area contributed by atoms with Crippen molar-refractivity contribution in [2.45, 2.75) is 39.5 Å². The van der Waals surface area contributed by atoms with E-state index in [4.69, 9.17) is 11.1 Å². The molecule has 1 saturated heterocycles. The summed E-state index contributed by atoms with van der Waals surface area (Å²) in [6.07, 6.45) is 5.05. The van der Waals surface area contributed by atoms with E-state index in [0.717, 1.165) is 13.0 Å². The van der Waals surface area contributed by atoms with Crippen molar-refractivity contribution in [1.82, 2.24) is 4.90 Å². The molecule has 0 spiro atoms. The van der Waals surface area contributed by atoms with Crippen LogP contribution in [0.15, 0.2) is 0 Å². The van der Waals surface area contributed by atoms with Gasteiger partial charge in [-0.3, -0.25) is 5.41 Å². The van der Waals surface area contributed by atoms with Gasteiger partial charge in [0, 0.05) is 5.41 Å². The van der Waals surface area contributed by atoms with Crippen LogP contribution in [0.5, 0.6) is 0 Å². The summed E-state index contributed by atoms with van der Waals surface area (Å²) < 4.78 is 0. The summed E-state index contributed by atoms with van der Waals surface area (Å²) in [5.74, 6) is 0.314. The van der Waals surface area contributed by atoms with Gasteiger partial charge in [-0.15, -0.1) is 0 Å². The first kappa shape index (κ1) is 11.5. The summed E-state index contributed by atoms with van der Waals surface area (Å²) in [6, 6.07) is 0. The van der Waals surface area contributed by atoms with E-state index in [0.29, 0.717) is 5.84 Å². The Bertz CT molecular complexity index is 193. The van der Waals surface area contributed by atoms with Gasteiger partial charge in [0.25, 0.3) is 0 Å². The maximum atomic E-state index is 7.47. The second-order valence-corrected chi connectivity index (χ2v) is 4.95. The Hall–Kier alpha value is -0.570. The minimum absolute atomic E-state index is 0.128. The SMILES string of the molecule is CC(C)(CCN1CCCCC1)C(=N)N. The summed E-state index contributed by atoms with van der Waals surface area (Å²) in [5.41, 5.74) is 5.42. The lowest BCUT2D eigenvalue weighted by Crippen LogP contribution is -2.37. The fraction of sp³-hybridized carbons (Fsp3) is 0.909. The molecule has 0 bridgehead atoms. The van der Waals surface area contributed by atoms with Crippen LogP contribution in [0, 0.1) is 10.8 Å². The van der Waals surface area contributed by atoms with E-state index in [1.54, 1.807) is 0 Å². The van der Waals surface area contributed by atoms with E-state index in [9.17, 15) is 0 Å². The molecule has 0 aliphatic carbocycles. The second kappa shape index (κ2) is 4.78. The maximum absolute atomic E-state index is 7.47. The number of nitrogens with one attached hydrogen (secondary N) is 1. The number of amidine groups is 1. The van der Waals surface area contributed by atoms with Crippen molar-refractivity contribution in [3.63, 3.8) is 0 Å². The van der Waals surface area contributed by atoms with Crippen molar-refractivity contribution >= 4 is 5.84 Å². The number of hydrogen-bond donors (Lipinski definition) is 2. The van der Waals surface area contributed by atoms with Gasteiger partial charge in [-0.05, 0) is 38.9 Å². The van der Waals surface area contributed by atoms with Crippen LogP contribution < -0.4 is 5.73 Å². The first-order chi connectivity index (χ1) is 6.52. The van der Waals surface area contributed by atoms with Crippen molar-refractivity contribution < 1.29 is 0 Å². The summed E-state index contributed by atoms with van der Waals surface area (Å²) in [6.45, 7) is 7.66. The molecule has 0 atom stereocenters. The van der Waals surface area contributed by atoms with Crippen molar-refractivity contribution in [3.8, 4) is 0 Å². The average Bonchev–Trinajstić information content (AvgIpc) is 2.16. The molecule has 0 aromatic heterocycles. The van der Waals surface area contributed by atoms with Crippen molar-refractivity contribution in [3.05, 3.63) is 0 Å². The minimum atomic E-state index is -0.128. The number of likely N-dealkylation sites (tertiary alicyclic amines) is 1. The van der Waals surface area contributed by atoms with E-state index in [1.165, 1.54) is 32.4 Å². The van der Waals surface area contributed by atoms with Gasteiger partial charge in [0.1, 0.15) is 0 Å². The first-order valence-electron chi connectivity index (χ1n) is 5.59. The Labute approximate surface area is 87.2 Å². The highest BCUT2D eigenvalue weighted by Gasteiger charge is 2.22. The highest BCUT2D eigenvalue weighted by molar-refractivity contribution is 5.82. The van der Waals surface area contributed by atoms with E-state index < -0.39 is 0 Å². The molecule has 1 fully saturated rings. The molecule has 0 aromatic carbocycles. The first-order valence-corrected chi connectivity index (χ1v) is 5.59. The quantitative estimate of drug-likeness (QED) is 0.533. The van der Waals surface area contributed by atoms with Gasteiger partial charge in [-0.2, -0.15) is 0 Å². The van der Waals surface area contributed by atoms with Gasteiger partial charge >= 0.3 is 0 Å². The molecule has 0 unspecified atom stereocenters. The Morgan fingerprint density at radius 2 is 1.86 bits per heavy atom. The Balaban J connectivity index is 2.28. The van der Waals surface area contributed by atoms with E-state index in [2.05, 4.69) is 18.7 Å². The Morgan fingerprint density at radius 3 is 2.36 bits per heavy atom. The fourth-order valence-electron chi connectivity index (χ4n) is 1.76. The predicted molar refractivity (Wildman–Crippen MR) is 60.6 cm³/mol. The molecule has 1 rings (SSSR count). The number of nitrogens with two attached hydrogens (primary N) is 1. The van der Waals surface area contributed by atoms with E-state index in [1.807, 2.05) is 0 Å². The van der Waals surface area contributed by atoms with Crippen molar-refractivity contribution in [2.24, 2.45) is 11.1 Å². The zero-order valence-corrected chi connectivity index (χ0v) is 9.47. The lowest BCUT2D eigenvalue weighted by molar-refractivity contribution is 0.208. The lowest BCUT2D eigenvalue weighted by atomic mass is 9.87. The highest BCUT2D eigenvalue weighted by atomic mass is 15.1. The third kappa shape index (κ3) is 3.29. The number of nitrogens with zero attached hydrogens (tertiary/aromatic N) is 1. The standard InChI is InChI=1S/C11H23N3/c1-11(2,10(12)13)6-9-14-7-4-3-5-8-14/h3-9H2,1-2H3,(H3,12,13). The topological polar surface area (TPSA) is 53.1 Å². The molecule has 3 N–H and O–H groups in total. The molecular formula is C11H23N3. The molecule has 3 nitrogen and oxygen atoms in total. The van der Waals surface area contributed by atoms with Crippen LogP contribution in [0.25, 0.3) is 0 Å². The summed E-state index contributed by atoms with van der Waals surface area (Å²) >= 11 is 0. The number of piperidine rings is 1. The molecular weight excluding hydrogens is 174 g/mol. The van der Waals surface area contributed by atoms with Crippen LogP contribution in [0.1, 0.15) is 39.5 Å². The van der Waals surface area contributed by atoms with Gasteiger partial charge in [0.2, 0.25) is 0 Å². The molecule has 0 amide bonds. The van der Waals surface area contributed by atoms with Gasteiger partial charge in [0.05, 0.1) is 5.84 Å². The Morgan fingerprint density at radius 1 is 1.29 bits per heavy atom. The van der Waals surface area contributed by atoms with Gasteiger partial charge in [-0.1, -0.05) is 20.3 Å². The van der Waals surface area contributed by atoms with Gasteiger partial charge < -0.3 is 10.6 Å². The fourth-order valence-corrected chi connectivity index (χ4v) is 1.76. The predicted octanol–water partition coefficient (Wildman–Crippen LogP) is 1.82. The van der Waals surface area contributed by atoms with Crippen molar-refractivity contribution in [1.29, 1.82) is 5.41 Å². The van der Waals surface area contributed by atoms with Gasteiger partial charge in [-0.25, -0.2) is 0 Å². The molecule has 14 heavy (non-hydrogen) atoms. The molecule has 0 saturated carbocycles. The second-order valence-electron chi connectivity index (χ2n) is 4.95. The van der Waals surface area contributed by atoms with Crippen LogP contribution in [0.2, 0.25) is 0 Å². The lowest BCUT2D eigenvalue weighted by Gasteiger charge is -2.30. The maximum Gasteiger partial charge on any atom is 0.0963 e. The van der Waals surface area contributed by atoms with Crippen LogP contribution in [0.3, 0.4) is 0 Å². The molecule has 82 valence electrons. The summed E-state index contributed by atoms with van der Waals surface area (Å²) in [4.78, 5) is 2.49. The zero-order chi connectivity index (χ0) is 10.6. The van der Waals surface area contributed by atoms with E-state index in [-0.39, 0.29) is 5.41 Å². The number of rotatable bonds is 4. The minimum Gasteiger partial charge on any atom is -0.387 e. The van der Waals surface area contributed by atoms with Gasteiger partial charge in [0.15, 0.2) is 0 Å². The Kier molecular flexibility index (Phi) is 3.93. The molecule has 1 aliphatic rings. The van der Waals surface area contributed by atoms with Crippen molar-refractivity contribution in [2.75, 3.05) is 19.6 Å². The molecule has 0 aromatic rings. The van der Waals surface area contributed by atoms with E-state index >= 15 is 0 Å².